The highest BCUT2D eigenvalue weighted by atomic mass is 32.2. The molecule has 0 saturated carbocycles. The highest BCUT2D eigenvalue weighted by Gasteiger charge is 2.15. The van der Waals surface area contributed by atoms with Crippen molar-refractivity contribution in [3.8, 4) is 0 Å². The minimum atomic E-state index is -4.84. The molecule has 0 amide bonds. The van der Waals surface area contributed by atoms with E-state index in [2.05, 4.69) is 0 Å². The summed E-state index contributed by atoms with van der Waals surface area (Å²) in [5.41, 5.74) is -4.31. The Morgan fingerprint density at radius 2 is 1.13 bits per heavy atom. The highest BCUT2D eigenvalue weighted by molar-refractivity contribution is 7.86. The van der Waals surface area contributed by atoms with Crippen molar-refractivity contribution in [2.24, 2.45) is 0 Å². The summed E-state index contributed by atoms with van der Waals surface area (Å²) in [5, 5.41) is 17.4. The van der Waals surface area contributed by atoms with E-state index in [1.165, 1.54) is 0 Å². The molecule has 2 unspecified atom stereocenters. The molecule has 0 fully saturated rings. The first kappa shape index (κ1) is 14.7. The van der Waals surface area contributed by atoms with Gasteiger partial charge in [0.05, 0.1) is 0 Å². The summed E-state index contributed by atoms with van der Waals surface area (Å²) in [4.78, 5) is 0. The lowest BCUT2D eigenvalue weighted by molar-refractivity contribution is 0.192. The molecule has 0 radical (unpaired) electrons. The Kier molecular flexibility index (Phi) is 5.09. The highest BCUT2D eigenvalue weighted by Crippen LogP contribution is 2.10. The number of aliphatic hydroxyl groups is 2. The lowest BCUT2D eigenvalue weighted by atomic mass is 10.2. The van der Waals surface area contributed by atoms with Gasteiger partial charge in [0.2, 0.25) is 0 Å². The fraction of sp³-hybridized carbons (Fsp3) is 1.00. The van der Waals surface area contributed by atoms with Gasteiger partial charge in [0.15, 0.2) is 0 Å². The number of aliphatic hydroxyl groups excluding tert-OH is 2. The molecule has 0 aromatic rings. The van der Waals surface area contributed by atoms with E-state index in [0.717, 1.165) is 0 Å². The number of hydrogen-bond acceptors (Lipinski definition) is 8. The number of rotatable bonds is 6. The molecule has 2 atom stereocenters. The minimum absolute atomic E-state index is 0.273. The molecule has 0 bridgehead atoms. The van der Waals surface area contributed by atoms with Crippen LogP contribution in [0, 0.1) is 0 Å². The second kappa shape index (κ2) is 5.18. The van der Waals surface area contributed by atoms with Crippen LogP contribution in [0.3, 0.4) is 0 Å². The second-order valence-electron chi connectivity index (χ2n) is 2.83. The third-order valence-electron chi connectivity index (χ3n) is 1.57. The van der Waals surface area contributed by atoms with Gasteiger partial charge in [-0.25, -0.2) is 16.8 Å². The van der Waals surface area contributed by atoms with Crippen molar-refractivity contribution in [3.63, 3.8) is 0 Å². The van der Waals surface area contributed by atoms with Crippen LogP contribution in [0.2, 0.25) is 0 Å². The summed E-state index contributed by atoms with van der Waals surface area (Å²) >= 11 is 0. The zero-order valence-electron chi connectivity index (χ0n) is 7.44. The van der Waals surface area contributed by atoms with Gasteiger partial charge in [0.1, 0.15) is 31.1 Å². The van der Waals surface area contributed by atoms with Crippen molar-refractivity contribution in [2.75, 3.05) is 0 Å². The third-order valence-corrected chi connectivity index (χ3v) is 3.37. The Morgan fingerprint density at radius 1 is 0.867 bits per heavy atom. The quantitative estimate of drug-likeness (QED) is 0.515. The largest absolute Gasteiger partial charge is 0.746 e. The molecule has 15 heavy (non-hydrogen) atoms. The molecule has 2 N–H and O–H groups in total. The van der Waals surface area contributed by atoms with Crippen molar-refractivity contribution in [1.82, 2.24) is 0 Å². The van der Waals surface area contributed by atoms with Gasteiger partial charge >= 0.3 is 0 Å². The first-order valence-corrected chi connectivity index (χ1v) is 6.75. The SMILES string of the molecule is O=S(=O)([O-])C(O)CCCC(O)S(=O)(=O)[O-]. The molecular formula is C5H10O8S2-2. The van der Waals surface area contributed by atoms with Crippen LogP contribution in [0.4, 0.5) is 0 Å². The predicted molar refractivity (Wildman–Crippen MR) is 45.3 cm³/mol. The van der Waals surface area contributed by atoms with E-state index in [9.17, 15) is 25.9 Å². The third kappa shape index (κ3) is 6.02. The molecule has 10 heteroatoms. The van der Waals surface area contributed by atoms with Crippen molar-refractivity contribution in [1.29, 1.82) is 0 Å². The van der Waals surface area contributed by atoms with Crippen LogP contribution in [0.15, 0.2) is 0 Å². The summed E-state index contributed by atoms with van der Waals surface area (Å²) < 4.78 is 60.9. The topological polar surface area (TPSA) is 155 Å². The molecule has 0 heterocycles. The molecule has 0 rings (SSSR count). The van der Waals surface area contributed by atoms with Gasteiger partial charge in [0, 0.05) is 0 Å². The molecule has 0 aromatic carbocycles. The van der Waals surface area contributed by atoms with E-state index in [4.69, 9.17) is 10.2 Å². The average molecular weight is 262 g/mol. The van der Waals surface area contributed by atoms with Gasteiger partial charge in [-0.3, -0.25) is 0 Å². The summed E-state index contributed by atoms with van der Waals surface area (Å²) in [6.07, 6.45) is -1.33. The molecule has 0 aliphatic carbocycles. The summed E-state index contributed by atoms with van der Waals surface area (Å²) in [6.45, 7) is 0. The lowest BCUT2D eigenvalue weighted by Crippen LogP contribution is -2.23. The van der Waals surface area contributed by atoms with Crippen LogP contribution in [0.1, 0.15) is 19.3 Å². The van der Waals surface area contributed by atoms with Crippen LogP contribution >= 0.6 is 0 Å². The number of hydrogen-bond donors (Lipinski definition) is 2. The minimum Gasteiger partial charge on any atom is -0.746 e. The maximum absolute atomic E-state index is 10.2. The van der Waals surface area contributed by atoms with Crippen LogP contribution in [-0.4, -0.2) is 47.0 Å². The first-order valence-electron chi connectivity index (χ1n) is 3.80. The van der Waals surface area contributed by atoms with Crippen molar-refractivity contribution < 1.29 is 36.2 Å². The lowest BCUT2D eigenvalue weighted by Gasteiger charge is -2.17. The van der Waals surface area contributed by atoms with Gasteiger partial charge in [-0.1, -0.05) is 0 Å². The molecule has 0 saturated heterocycles. The smallest absolute Gasteiger partial charge is 0.143 e. The molecule has 92 valence electrons. The summed E-state index contributed by atoms with van der Waals surface area (Å²) in [6, 6.07) is 0. The van der Waals surface area contributed by atoms with Gasteiger partial charge in [-0.05, 0) is 19.3 Å². The summed E-state index contributed by atoms with van der Waals surface area (Å²) in [5.74, 6) is 0. The maximum atomic E-state index is 10.2. The fourth-order valence-corrected chi connectivity index (χ4v) is 1.67. The van der Waals surface area contributed by atoms with Crippen molar-refractivity contribution >= 4 is 20.2 Å². The maximum Gasteiger partial charge on any atom is 0.143 e. The monoisotopic (exact) mass is 262 g/mol. The van der Waals surface area contributed by atoms with Crippen LogP contribution in [-0.2, 0) is 20.2 Å². The fourth-order valence-electron chi connectivity index (χ4n) is 0.756. The normalized spacial score (nSPS) is 17.3. The van der Waals surface area contributed by atoms with Crippen LogP contribution < -0.4 is 0 Å². The Morgan fingerprint density at radius 3 is 1.33 bits per heavy atom. The van der Waals surface area contributed by atoms with Crippen LogP contribution in [0.5, 0.6) is 0 Å². The Bertz CT molecular complexity index is 343. The Hall–Kier alpha value is -0.260. The van der Waals surface area contributed by atoms with E-state index < -0.39 is 43.9 Å². The Balaban J connectivity index is 4.03. The first-order chi connectivity index (χ1) is 6.55. The van der Waals surface area contributed by atoms with Crippen LogP contribution in [0.25, 0.3) is 0 Å². The molecule has 8 nitrogen and oxygen atoms in total. The van der Waals surface area contributed by atoms with Gasteiger partial charge in [0.25, 0.3) is 0 Å². The average Bonchev–Trinajstić information content (AvgIpc) is 2.00. The summed E-state index contributed by atoms with van der Waals surface area (Å²) in [7, 11) is -9.68. The molecule has 0 aliphatic heterocycles. The van der Waals surface area contributed by atoms with E-state index in [1.54, 1.807) is 0 Å². The van der Waals surface area contributed by atoms with E-state index in [0.29, 0.717) is 0 Å². The van der Waals surface area contributed by atoms with Gasteiger partial charge < -0.3 is 19.3 Å². The zero-order chi connectivity index (χ0) is 12.3. The Labute approximate surface area is 87.0 Å². The second-order valence-corrected chi connectivity index (χ2v) is 5.89. The molecule has 0 aliphatic rings. The van der Waals surface area contributed by atoms with Crippen molar-refractivity contribution in [2.45, 2.75) is 30.1 Å². The standard InChI is InChI=1S/C5H12O8S2/c6-4(14(8,9)10)2-1-3-5(7)15(11,12)13/h4-7H,1-3H2,(H,8,9,10)(H,11,12,13)/p-2. The predicted octanol–water partition coefficient (Wildman–Crippen LogP) is -2.12. The van der Waals surface area contributed by atoms with E-state index in [-0.39, 0.29) is 6.42 Å². The van der Waals surface area contributed by atoms with Gasteiger partial charge in [-0.15, -0.1) is 0 Å². The van der Waals surface area contributed by atoms with Gasteiger partial charge in [-0.2, -0.15) is 0 Å². The molecule has 0 spiro atoms. The van der Waals surface area contributed by atoms with E-state index in [1.807, 2.05) is 0 Å². The molecular weight excluding hydrogens is 252 g/mol. The van der Waals surface area contributed by atoms with Crippen molar-refractivity contribution in [3.05, 3.63) is 0 Å². The molecule has 0 aromatic heterocycles. The zero-order valence-corrected chi connectivity index (χ0v) is 9.07. The van der Waals surface area contributed by atoms with E-state index >= 15 is 0 Å².